The van der Waals surface area contributed by atoms with Crippen molar-refractivity contribution in [3.05, 3.63) is 64.6 Å². The van der Waals surface area contributed by atoms with E-state index in [-0.39, 0.29) is 12.5 Å². The number of rotatable bonds is 8. The van der Waals surface area contributed by atoms with Crippen LogP contribution in [0.4, 0.5) is 4.39 Å². The minimum absolute atomic E-state index is 0.0345. The molecule has 36 heavy (non-hydrogen) atoms. The first kappa shape index (κ1) is 24.0. The quantitative estimate of drug-likeness (QED) is 0.284. The number of ether oxygens (including phenoxy) is 1. The van der Waals surface area contributed by atoms with Gasteiger partial charge in [0.25, 0.3) is 0 Å². The van der Waals surface area contributed by atoms with E-state index in [2.05, 4.69) is 21.4 Å². The van der Waals surface area contributed by atoms with E-state index in [1.807, 2.05) is 26.2 Å². The van der Waals surface area contributed by atoms with E-state index in [4.69, 9.17) is 16.3 Å². The van der Waals surface area contributed by atoms with E-state index >= 15 is 0 Å². The largest absolute Gasteiger partial charge is 0.488 e. The monoisotopic (exact) mass is 509 g/mol. The lowest BCUT2D eigenvalue weighted by atomic mass is 9.94. The fraction of sp³-hybridized carbons (Fsp3) is 0.360. The first-order valence-electron chi connectivity index (χ1n) is 11.5. The van der Waals surface area contributed by atoms with Crippen LogP contribution < -0.4 is 4.74 Å². The summed E-state index contributed by atoms with van der Waals surface area (Å²) in [5.41, 5.74) is 2.84. The van der Waals surface area contributed by atoms with Crippen LogP contribution in [0.1, 0.15) is 29.8 Å². The molecule has 0 aliphatic heterocycles. The maximum Gasteiger partial charge on any atom is 0.179 e. The Morgan fingerprint density at radius 1 is 1.36 bits per heavy atom. The molecule has 1 N–H and O–H groups in total. The molecule has 9 nitrogen and oxygen atoms in total. The maximum absolute atomic E-state index is 13.5. The molecule has 0 amide bonds. The van der Waals surface area contributed by atoms with Gasteiger partial charge in [-0.3, -0.25) is 9.67 Å². The Balaban J connectivity index is 1.53. The zero-order valence-electron chi connectivity index (χ0n) is 20.1. The second-order valence-corrected chi connectivity index (χ2v) is 9.63. The molecule has 0 spiro atoms. The van der Waals surface area contributed by atoms with E-state index in [1.54, 1.807) is 16.2 Å². The molecule has 0 saturated heterocycles. The standard InChI is InChI=1S/C25H25ClFN7O2/c1-15-20(12-32(2)14-28)33(3)31-23(15)16-8-21(24-19(26)10-30-34(24)11-16)36-13-25(35,17-4-5-17)22-7-6-18(27)9-29-22/h6-11,17,35H,4-5,12-13H2,1-3H3. The summed E-state index contributed by atoms with van der Waals surface area (Å²) in [6.45, 7) is 2.29. The lowest BCUT2D eigenvalue weighted by Crippen LogP contribution is -2.36. The van der Waals surface area contributed by atoms with Gasteiger partial charge in [0, 0.05) is 31.4 Å². The zero-order valence-corrected chi connectivity index (χ0v) is 20.9. The molecule has 4 aromatic rings. The highest BCUT2D eigenvalue weighted by Gasteiger charge is 2.47. The Morgan fingerprint density at radius 3 is 2.81 bits per heavy atom. The number of nitriles is 1. The van der Waals surface area contributed by atoms with Crippen LogP contribution in [0.2, 0.25) is 5.02 Å². The van der Waals surface area contributed by atoms with Gasteiger partial charge < -0.3 is 14.7 Å². The molecule has 1 saturated carbocycles. The number of aromatic nitrogens is 5. The van der Waals surface area contributed by atoms with E-state index < -0.39 is 11.4 Å². The third-order valence-corrected chi connectivity index (χ3v) is 6.94. The third-order valence-electron chi connectivity index (χ3n) is 6.66. The average Bonchev–Trinajstić information content (AvgIpc) is 3.61. The molecule has 5 rings (SSSR count). The van der Waals surface area contributed by atoms with E-state index in [0.29, 0.717) is 28.5 Å². The van der Waals surface area contributed by atoms with Gasteiger partial charge in [-0.1, -0.05) is 11.6 Å². The van der Waals surface area contributed by atoms with Gasteiger partial charge in [0.15, 0.2) is 6.19 Å². The van der Waals surface area contributed by atoms with Crippen molar-refractivity contribution in [3.63, 3.8) is 0 Å². The zero-order chi connectivity index (χ0) is 25.6. The number of nitrogens with zero attached hydrogens (tertiary/aromatic N) is 7. The fourth-order valence-electron chi connectivity index (χ4n) is 4.49. The third kappa shape index (κ3) is 4.25. The summed E-state index contributed by atoms with van der Waals surface area (Å²) in [6, 6.07) is 4.60. The number of fused-ring (bicyclic) bond motifs is 1. The molecule has 1 aliphatic carbocycles. The molecule has 1 fully saturated rings. The van der Waals surface area contributed by atoms with Crippen LogP contribution in [0.5, 0.6) is 5.75 Å². The van der Waals surface area contributed by atoms with Gasteiger partial charge in [-0.15, -0.1) is 0 Å². The number of hydrogen-bond donors (Lipinski definition) is 1. The SMILES string of the molecule is Cc1c(-c2cc(OCC(O)(c3ccc(F)cn3)C3CC3)c3c(Cl)cnn3c2)nn(C)c1CN(C)C#N. The van der Waals surface area contributed by atoms with Gasteiger partial charge in [-0.25, -0.2) is 8.91 Å². The maximum atomic E-state index is 13.5. The summed E-state index contributed by atoms with van der Waals surface area (Å²) in [5.74, 6) is -0.0750. The van der Waals surface area contributed by atoms with Crippen LogP contribution in [0.3, 0.4) is 0 Å². The summed E-state index contributed by atoms with van der Waals surface area (Å²) >= 11 is 6.43. The topological polar surface area (TPSA) is 104 Å². The fourth-order valence-corrected chi connectivity index (χ4v) is 4.71. The molecule has 0 bridgehead atoms. The van der Waals surface area contributed by atoms with Gasteiger partial charge in [0.1, 0.15) is 29.3 Å². The first-order valence-corrected chi connectivity index (χ1v) is 11.9. The highest BCUT2D eigenvalue weighted by Crippen LogP contribution is 2.46. The molecule has 0 aromatic carbocycles. The lowest BCUT2D eigenvalue weighted by Gasteiger charge is -2.28. The van der Waals surface area contributed by atoms with Crippen molar-refractivity contribution in [2.45, 2.75) is 31.9 Å². The second kappa shape index (κ2) is 9.08. The van der Waals surface area contributed by atoms with Crippen molar-refractivity contribution in [1.82, 2.24) is 29.3 Å². The minimum Gasteiger partial charge on any atom is -0.488 e. The molecular formula is C25H25ClFN7O2. The highest BCUT2D eigenvalue weighted by molar-refractivity contribution is 6.34. The van der Waals surface area contributed by atoms with Gasteiger partial charge in [-0.05, 0) is 43.9 Å². The minimum atomic E-state index is -1.37. The van der Waals surface area contributed by atoms with E-state index in [9.17, 15) is 14.8 Å². The van der Waals surface area contributed by atoms with Crippen molar-refractivity contribution in [3.8, 4) is 23.2 Å². The molecule has 1 aliphatic rings. The van der Waals surface area contributed by atoms with Crippen LogP contribution in [0, 0.1) is 30.1 Å². The Hall–Kier alpha value is -3.68. The smallest absolute Gasteiger partial charge is 0.179 e. The molecule has 11 heteroatoms. The molecule has 186 valence electrons. The first-order chi connectivity index (χ1) is 17.2. The normalized spacial score (nSPS) is 15.0. The van der Waals surface area contributed by atoms with E-state index in [1.165, 1.54) is 23.2 Å². The molecule has 1 atom stereocenters. The Labute approximate surface area is 212 Å². The summed E-state index contributed by atoms with van der Waals surface area (Å²) in [4.78, 5) is 5.65. The number of halogens is 2. The predicted molar refractivity (Wildman–Crippen MR) is 131 cm³/mol. The second-order valence-electron chi connectivity index (χ2n) is 9.23. The van der Waals surface area contributed by atoms with Crippen molar-refractivity contribution >= 4 is 17.1 Å². The van der Waals surface area contributed by atoms with Crippen LogP contribution in [-0.2, 0) is 19.2 Å². The lowest BCUT2D eigenvalue weighted by molar-refractivity contribution is -0.0328. The van der Waals surface area contributed by atoms with Crippen LogP contribution in [0.25, 0.3) is 16.8 Å². The number of pyridine rings is 2. The predicted octanol–water partition coefficient (Wildman–Crippen LogP) is 3.82. The van der Waals surface area contributed by atoms with Crippen LogP contribution >= 0.6 is 11.6 Å². The molecular weight excluding hydrogens is 485 g/mol. The molecule has 1 unspecified atom stereocenters. The molecule has 4 heterocycles. The molecule has 0 radical (unpaired) electrons. The van der Waals surface area contributed by atoms with Crippen molar-refractivity contribution in [2.24, 2.45) is 13.0 Å². The highest BCUT2D eigenvalue weighted by atomic mass is 35.5. The average molecular weight is 510 g/mol. The van der Waals surface area contributed by atoms with Gasteiger partial charge in [0.2, 0.25) is 0 Å². The van der Waals surface area contributed by atoms with Crippen molar-refractivity contribution in [1.29, 1.82) is 5.26 Å². The summed E-state index contributed by atoms with van der Waals surface area (Å²) in [5, 5.41) is 30.1. The number of aryl methyl sites for hydroxylation is 1. The Morgan fingerprint density at radius 2 is 2.14 bits per heavy atom. The van der Waals surface area contributed by atoms with Crippen molar-refractivity contribution in [2.75, 3.05) is 13.7 Å². The number of hydrogen-bond acceptors (Lipinski definition) is 7. The van der Waals surface area contributed by atoms with Gasteiger partial charge >= 0.3 is 0 Å². The van der Waals surface area contributed by atoms with Crippen LogP contribution in [0.15, 0.2) is 36.8 Å². The molecule has 4 aromatic heterocycles. The number of aliphatic hydroxyl groups is 1. The van der Waals surface area contributed by atoms with Gasteiger partial charge in [0.05, 0.1) is 41.0 Å². The summed E-state index contributed by atoms with van der Waals surface area (Å²) in [6.07, 6.45) is 8.21. The van der Waals surface area contributed by atoms with Gasteiger partial charge in [-0.2, -0.15) is 15.5 Å². The Bertz CT molecular complexity index is 1470. The van der Waals surface area contributed by atoms with E-state index in [0.717, 1.165) is 41.6 Å². The van der Waals surface area contributed by atoms with Crippen molar-refractivity contribution < 1.29 is 14.2 Å². The summed E-state index contributed by atoms with van der Waals surface area (Å²) in [7, 11) is 3.55. The Kier molecular flexibility index (Phi) is 6.06. The summed E-state index contributed by atoms with van der Waals surface area (Å²) < 4.78 is 23.0. The van der Waals surface area contributed by atoms with Crippen LogP contribution in [-0.4, -0.2) is 48.0 Å².